The highest BCUT2D eigenvalue weighted by atomic mass is 16.2. The molecule has 0 saturated heterocycles. The zero-order chi connectivity index (χ0) is 19.2. The van der Waals surface area contributed by atoms with E-state index in [0.717, 1.165) is 0 Å². The monoisotopic (exact) mass is 361 g/mol. The summed E-state index contributed by atoms with van der Waals surface area (Å²) >= 11 is 0. The lowest BCUT2D eigenvalue weighted by atomic mass is 9.98. The fourth-order valence-electron chi connectivity index (χ4n) is 2.69. The van der Waals surface area contributed by atoms with Crippen LogP contribution in [0.1, 0.15) is 32.0 Å². The maximum absolute atomic E-state index is 12.7. The number of amides is 1. The Labute approximate surface area is 156 Å². The van der Waals surface area contributed by atoms with Gasteiger partial charge in [0.2, 0.25) is 0 Å². The van der Waals surface area contributed by atoms with E-state index >= 15 is 0 Å². The van der Waals surface area contributed by atoms with Crippen LogP contribution in [-0.2, 0) is 6.54 Å². The van der Waals surface area contributed by atoms with Crippen LogP contribution in [0.2, 0.25) is 0 Å². The van der Waals surface area contributed by atoms with E-state index in [1.807, 2.05) is 6.07 Å². The number of aromatic nitrogens is 2. The molecular weight excluding hydrogens is 342 g/mol. The van der Waals surface area contributed by atoms with E-state index in [2.05, 4.69) is 10.3 Å². The van der Waals surface area contributed by atoms with E-state index in [0.29, 0.717) is 28.9 Å². The molecule has 0 atom stereocenters. The molecule has 2 aromatic carbocycles. The van der Waals surface area contributed by atoms with Gasteiger partial charge in [-0.3, -0.25) is 19.0 Å². The van der Waals surface area contributed by atoms with Crippen LogP contribution in [0.4, 0.5) is 0 Å². The van der Waals surface area contributed by atoms with Crippen LogP contribution in [0.15, 0.2) is 71.8 Å². The minimum Gasteiger partial charge on any atom is -0.350 e. The predicted molar refractivity (Wildman–Crippen MR) is 102 cm³/mol. The van der Waals surface area contributed by atoms with E-state index in [9.17, 15) is 14.4 Å². The summed E-state index contributed by atoms with van der Waals surface area (Å²) in [5, 5.41) is 2.76. The topological polar surface area (TPSA) is 81.1 Å². The predicted octanol–water partition coefficient (Wildman–Crippen LogP) is 2.21. The Morgan fingerprint density at radius 1 is 1.00 bits per heavy atom. The van der Waals surface area contributed by atoms with Crippen LogP contribution in [0.25, 0.3) is 0 Å². The second-order valence-electron chi connectivity index (χ2n) is 6.06. The number of carbonyl (C=O) groups excluding carboxylic acids is 2. The molecule has 3 rings (SSSR count). The van der Waals surface area contributed by atoms with Crippen molar-refractivity contribution in [2.24, 2.45) is 0 Å². The molecule has 0 saturated carbocycles. The van der Waals surface area contributed by atoms with Gasteiger partial charge < -0.3 is 5.32 Å². The Kier molecular flexibility index (Phi) is 5.56. The molecule has 1 aromatic heterocycles. The molecule has 0 spiro atoms. The van der Waals surface area contributed by atoms with Gasteiger partial charge in [-0.05, 0) is 13.0 Å². The lowest BCUT2D eigenvalue weighted by Crippen LogP contribution is -2.31. The van der Waals surface area contributed by atoms with Crippen molar-refractivity contribution >= 4 is 11.7 Å². The van der Waals surface area contributed by atoms with Crippen molar-refractivity contribution in [2.45, 2.75) is 13.5 Å². The summed E-state index contributed by atoms with van der Waals surface area (Å²) in [5.41, 5.74) is 1.65. The van der Waals surface area contributed by atoms with Gasteiger partial charge in [-0.2, -0.15) is 0 Å². The van der Waals surface area contributed by atoms with Crippen LogP contribution in [0.3, 0.4) is 0 Å². The van der Waals surface area contributed by atoms with Crippen LogP contribution in [-0.4, -0.2) is 27.8 Å². The van der Waals surface area contributed by atoms with E-state index in [4.69, 9.17) is 0 Å². The van der Waals surface area contributed by atoms with E-state index in [1.54, 1.807) is 55.5 Å². The quantitative estimate of drug-likeness (QED) is 0.683. The van der Waals surface area contributed by atoms with Crippen LogP contribution >= 0.6 is 0 Å². The van der Waals surface area contributed by atoms with Gasteiger partial charge in [0.1, 0.15) is 0 Å². The lowest BCUT2D eigenvalue weighted by molar-refractivity contribution is 0.0940. The van der Waals surface area contributed by atoms with Crippen molar-refractivity contribution in [1.82, 2.24) is 14.9 Å². The van der Waals surface area contributed by atoms with Gasteiger partial charge in [0.05, 0.1) is 11.9 Å². The first-order valence-electron chi connectivity index (χ1n) is 8.56. The van der Waals surface area contributed by atoms with Gasteiger partial charge in [-0.25, -0.2) is 4.98 Å². The first-order valence-corrected chi connectivity index (χ1v) is 8.56. The van der Waals surface area contributed by atoms with Gasteiger partial charge in [-0.1, -0.05) is 48.5 Å². The Hall–Kier alpha value is -3.54. The third kappa shape index (κ3) is 4.36. The summed E-state index contributed by atoms with van der Waals surface area (Å²) in [6.07, 6.45) is 1.46. The van der Waals surface area contributed by atoms with Gasteiger partial charge >= 0.3 is 0 Å². The number of aryl methyl sites for hydroxylation is 1. The van der Waals surface area contributed by atoms with E-state index < -0.39 is 0 Å². The molecule has 0 aliphatic heterocycles. The number of benzene rings is 2. The summed E-state index contributed by atoms with van der Waals surface area (Å²) in [5.74, 6) is -0.566. The van der Waals surface area contributed by atoms with Crippen LogP contribution in [0, 0.1) is 6.92 Å². The molecule has 27 heavy (non-hydrogen) atoms. The summed E-state index contributed by atoms with van der Waals surface area (Å²) in [4.78, 5) is 41.2. The fourth-order valence-corrected chi connectivity index (χ4v) is 2.69. The first kappa shape index (κ1) is 18.3. The molecule has 0 bridgehead atoms. The second-order valence-corrected chi connectivity index (χ2v) is 6.06. The first-order chi connectivity index (χ1) is 13.1. The van der Waals surface area contributed by atoms with Crippen molar-refractivity contribution in [3.8, 4) is 0 Å². The minimum atomic E-state index is -0.358. The molecule has 136 valence electrons. The zero-order valence-corrected chi connectivity index (χ0v) is 14.9. The van der Waals surface area contributed by atoms with E-state index in [1.165, 1.54) is 17.0 Å². The molecule has 0 fully saturated rings. The average molecular weight is 361 g/mol. The average Bonchev–Trinajstić information content (AvgIpc) is 2.69. The van der Waals surface area contributed by atoms with Crippen LogP contribution in [0.5, 0.6) is 0 Å². The highest BCUT2D eigenvalue weighted by Gasteiger charge is 2.17. The number of carbonyl (C=O) groups is 2. The lowest BCUT2D eigenvalue weighted by Gasteiger charge is -2.10. The molecule has 6 nitrogen and oxygen atoms in total. The molecule has 3 aromatic rings. The summed E-state index contributed by atoms with van der Waals surface area (Å²) in [6, 6.07) is 17.0. The summed E-state index contributed by atoms with van der Waals surface area (Å²) in [7, 11) is 0. The highest BCUT2D eigenvalue weighted by molar-refractivity contribution is 6.15. The number of nitrogens with zero attached hydrogens (tertiary/aromatic N) is 2. The SMILES string of the molecule is Cc1cc(=O)n(CCNC(=O)c2ccccc2C(=O)c2ccccc2)cn1. The number of rotatable bonds is 6. The van der Waals surface area contributed by atoms with Crippen LogP contribution < -0.4 is 10.9 Å². The maximum atomic E-state index is 12.7. The highest BCUT2D eigenvalue weighted by Crippen LogP contribution is 2.14. The Morgan fingerprint density at radius 3 is 2.37 bits per heavy atom. The number of hydrogen-bond donors (Lipinski definition) is 1. The zero-order valence-electron chi connectivity index (χ0n) is 14.9. The number of ketones is 1. The number of nitrogens with one attached hydrogen (secondary N) is 1. The molecule has 0 unspecified atom stereocenters. The Morgan fingerprint density at radius 2 is 1.67 bits per heavy atom. The Balaban J connectivity index is 1.72. The molecule has 1 N–H and O–H groups in total. The largest absolute Gasteiger partial charge is 0.350 e. The molecular formula is C21H19N3O3. The van der Waals surface area contributed by atoms with Crippen molar-refractivity contribution < 1.29 is 9.59 Å². The molecule has 1 amide bonds. The van der Waals surface area contributed by atoms with Gasteiger partial charge in [0.25, 0.3) is 11.5 Å². The fraction of sp³-hybridized carbons (Fsp3) is 0.143. The minimum absolute atomic E-state index is 0.170. The number of hydrogen-bond acceptors (Lipinski definition) is 4. The third-order valence-corrected chi connectivity index (χ3v) is 4.11. The van der Waals surface area contributed by atoms with Gasteiger partial charge in [0, 0.05) is 36.0 Å². The molecule has 6 heteroatoms. The van der Waals surface area contributed by atoms with Crippen molar-refractivity contribution in [3.63, 3.8) is 0 Å². The standard InChI is InChI=1S/C21H19N3O3/c1-15-13-19(25)24(14-23-15)12-11-22-21(27)18-10-6-5-9-17(18)20(26)16-7-3-2-4-8-16/h2-10,13-14H,11-12H2,1H3,(H,22,27). The maximum Gasteiger partial charge on any atom is 0.253 e. The third-order valence-electron chi connectivity index (χ3n) is 4.11. The van der Waals surface area contributed by atoms with Crippen molar-refractivity contribution in [2.75, 3.05) is 6.54 Å². The summed E-state index contributed by atoms with van der Waals surface area (Å²) < 4.78 is 1.42. The van der Waals surface area contributed by atoms with Gasteiger partial charge in [0.15, 0.2) is 5.78 Å². The smallest absolute Gasteiger partial charge is 0.253 e. The molecule has 0 aliphatic carbocycles. The molecule has 0 aliphatic rings. The Bertz CT molecular complexity index is 1030. The van der Waals surface area contributed by atoms with Crippen molar-refractivity contribution in [1.29, 1.82) is 0 Å². The normalized spacial score (nSPS) is 10.4. The second kappa shape index (κ2) is 8.23. The summed E-state index contributed by atoms with van der Waals surface area (Å²) in [6.45, 7) is 2.29. The van der Waals surface area contributed by atoms with E-state index in [-0.39, 0.29) is 23.8 Å². The molecule has 0 radical (unpaired) electrons. The molecule has 1 heterocycles. The van der Waals surface area contributed by atoms with Gasteiger partial charge in [-0.15, -0.1) is 0 Å². The van der Waals surface area contributed by atoms with Crippen molar-refractivity contribution in [3.05, 3.63) is 99.7 Å².